The van der Waals surface area contributed by atoms with E-state index in [9.17, 15) is 15.4 Å². The lowest BCUT2D eigenvalue weighted by molar-refractivity contribution is -0.384. The fourth-order valence-electron chi connectivity index (χ4n) is 2.23. The highest BCUT2D eigenvalue weighted by Gasteiger charge is 2.19. The normalized spacial score (nSPS) is 10.3. The van der Waals surface area contributed by atoms with Crippen LogP contribution in [0.15, 0.2) is 42.7 Å². The van der Waals surface area contributed by atoms with Gasteiger partial charge in [-0.15, -0.1) is 5.10 Å². The van der Waals surface area contributed by atoms with Gasteiger partial charge in [0.1, 0.15) is 11.8 Å². The maximum atomic E-state index is 11.0. The highest BCUT2D eigenvalue weighted by molar-refractivity contribution is 5.67. The van der Waals surface area contributed by atoms with Gasteiger partial charge in [-0.05, 0) is 24.6 Å². The molecule has 2 heterocycles. The third-order valence-electron chi connectivity index (χ3n) is 3.36. The number of nitrogens with zero attached hydrogens (tertiary/aromatic N) is 6. The molecule has 8 heteroatoms. The Morgan fingerprint density at radius 3 is 2.65 bits per heavy atom. The first-order valence-electron chi connectivity index (χ1n) is 6.63. The Kier molecular flexibility index (Phi) is 3.52. The molecule has 0 amide bonds. The van der Waals surface area contributed by atoms with E-state index < -0.39 is 4.92 Å². The first-order valence-corrected chi connectivity index (χ1v) is 6.63. The van der Waals surface area contributed by atoms with E-state index in [1.165, 1.54) is 16.8 Å². The van der Waals surface area contributed by atoms with Crippen LogP contribution >= 0.6 is 0 Å². The molecule has 1 aromatic carbocycles. The van der Waals surface area contributed by atoms with Gasteiger partial charge in [-0.25, -0.2) is 4.68 Å². The van der Waals surface area contributed by atoms with E-state index in [0.29, 0.717) is 16.9 Å². The van der Waals surface area contributed by atoms with Crippen LogP contribution in [-0.2, 0) is 0 Å². The van der Waals surface area contributed by atoms with Crippen molar-refractivity contribution in [2.75, 3.05) is 0 Å². The molecule has 0 aliphatic heterocycles. The maximum Gasteiger partial charge on any atom is 0.271 e. The molecule has 0 aliphatic carbocycles. The first-order chi connectivity index (χ1) is 11.1. The SMILES string of the molecule is Cc1ccc([N+](=O)[O-])cc1-n1nnc(C#N)c1-c1ccncc1. The second-order valence-corrected chi connectivity index (χ2v) is 4.77. The van der Waals surface area contributed by atoms with Crippen molar-refractivity contribution in [1.29, 1.82) is 5.26 Å². The molecule has 0 saturated carbocycles. The largest absolute Gasteiger partial charge is 0.271 e. The minimum atomic E-state index is -0.475. The highest BCUT2D eigenvalue weighted by atomic mass is 16.6. The minimum absolute atomic E-state index is 0.0553. The van der Waals surface area contributed by atoms with Crippen molar-refractivity contribution in [2.45, 2.75) is 6.92 Å². The maximum absolute atomic E-state index is 11.0. The van der Waals surface area contributed by atoms with Gasteiger partial charge < -0.3 is 0 Å². The summed E-state index contributed by atoms with van der Waals surface area (Å²) in [6.07, 6.45) is 3.18. The van der Waals surface area contributed by atoms with Crippen LogP contribution < -0.4 is 0 Å². The summed E-state index contributed by atoms with van der Waals surface area (Å²) in [5.41, 5.74) is 2.54. The number of hydrogen-bond donors (Lipinski definition) is 0. The summed E-state index contributed by atoms with van der Waals surface area (Å²) in [6, 6.07) is 9.91. The van der Waals surface area contributed by atoms with E-state index in [2.05, 4.69) is 15.3 Å². The summed E-state index contributed by atoms with van der Waals surface area (Å²) in [5, 5.41) is 28.1. The van der Waals surface area contributed by atoms with Crippen molar-refractivity contribution in [3.05, 3.63) is 64.1 Å². The third kappa shape index (κ3) is 2.51. The van der Waals surface area contributed by atoms with E-state index in [4.69, 9.17) is 0 Å². The Bertz CT molecular complexity index is 927. The lowest BCUT2D eigenvalue weighted by atomic mass is 10.1. The summed E-state index contributed by atoms with van der Waals surface area (Å²) >= 11 is 0. The molecule has 0 fully saturated rings. The quantitative estimate of drug-likeness (QED) is 0.542. The monoisotopic (exact) mass is 306 g/mol. The van der Waals surface area contributed by atoms with Crippen molar-refractivity contribution in [1.82, 2.24) is 20.0 Å². The lowest BCUT2D eigenvalue weighted by Crippen LogP contribution is -2.03. The molecule has 112 valence electrons. The summed E-state index contributed by atoms with van der Waals surface area (Å²) < 4.78 is 1.44. The zero-order valence-electron chi connectivity index (χ0n) is 12.0. The molecule has 23 heavy (non-hydrogen) atoms. The summed E-state index contributed by atoms with van der Waals surface area (Å²) in [6.45, 7) is 1.81. The average molecular weight is 306 g/mol. The Morgan fingerprint density at radius 2 is 2.00 bits per heavy atom. The lowest BCUT2D eigenvalue weighted by Gasteiger charge is -2.09. The van der Waals surface area contributed by atoms with Gasteiger partial charge in [-0.2, -0.15) is 5.26 Å². The number of non-ortho nitro benzene ring substituents is 1. The van der Waals surface area contributed by atoms with Crippen LogP contribution in [0.3, 0.4) is 0 Å². The molecular weight excluding hydrogens is 296 g/mol. The number of aromatic nitrogens is 4. The van der Waals surface area contributed by atoms with Crippen LogP contribution in [0, 0.1) is 28.4 Å². The number of rotatable bonds is 3. The minimum Gasteiger partial charge on any atom is -0.265 e. The predicted molar refractivity (Wildman–Crippen MR) is 80.7 cm³/mol. The molecule has 0 saturated heterocycles. The van der Waals surface area contributed by atoms with Crippen LogP contribution in [-0.4, -0.2) is 24.9 Å². The Morgan fingerprint density at radius 1 is 1.26 bits per heavy atom. The summed E-state index contributed by atoms with van der Waals surface area (Å²) in [7, 11) is 0. The van der Waals surface area contributed by atoms with Gasteiger partial charge in [0.2, 0.25) is 0 Å². The zero-order chi connectivity index (χ0) is 16.4. The molecule has 0 spiro atoms. The molecule has 0 atom stereocenters. The summed E-state index contributed by atoms with van der Waals surface area (Å²) in [5.74, 6) is 0. The van der Waals surface area contributed by atoms with Crippen LogP contribution in [0.5, 0.6) is 0 Å². The van der Waals surface area contributed by atoms with Gasteiger partial charge in [-0.3, -0.25) is 15.1 Å². The van der Waals surface area contributed by atoms with Gasteiger partial charge in [0.25, 0.3) is 5.69 Å². The van der Waals surface area contributed by atoms with Crippen molar-refractivity contribution in [3.8, 4) is 23.0 Å². The Hall–Kier alpha value is -3.60. The molecule has 3 aromatic rings. The predicted octanol–water partition coefficient (Wildman–Crippen LogP) is 2.42. The molecule has 0 radical (unpaired) electrons. The molecule has 0 N–H and O–H groups in total. The standard InChI is InChI=1S/C15H10N6O2/c1-10-2-3-12(21(22)23)8-14(10)20-15(13(9-16)18-19-20)11-4-6-17-7-5-11/h2-8H,1H3. The fourth-order valence-corrected chi connectivity index (χ4v) is 2.23. The van der Waals surface area contributed by atoms with E-state index in [0.717, 1.165) is 5.56 Å². The van der Waals surface area contributed by atoms with Crippen LogP contribution in [0.2, 0.25) is 0 Å². The smallest absolute Gasteiger partial charge is 0.265 e. The van der Waals surface area contributed by atoms with Gasteiger partial charge in [0, 0.05) is 30.1 Å². The van der Waals surface area contributed by atoms with Gasteiger partial charge >= 0.3 is 0 Å². The average Bonchev–Trinajstić information content (AvgIpc) is 2.99. The number of hydrogen-bond acceptors (Lipinski definition) is 6. The molecule has 2 aromatic heterocycles. The Labute approximate surface area is 130 Å². The molecule has 0 aliphatic rings. The number of aryl methyl sites for hydroxylation is 1. The number of pyridine rings is 1. The van der Waals surface area contributed by atoms with Gasteiger partial charge in [0.15, 0.2) is 5.69 Å². The van der Waals surface area contributed by atoms with Crippen LogP contribution in [0.25, 0.3) is 16.9 Å². The van der Waals surface area contributed by atoms with Crippen LogP contribution in [0.1, 0.15) is 11.3 Å². The van der Waals surface area contributed by atoms with E-state index in [-0.39, 0.29) is 11.4 Å². The van der Waals surface area contributed by atoms with E-state index in [1.807, 2.05) is 13.0 Å². The van der Waals surface area contributed by atoms with Crippen LogP contribution in [0.4, 0.5) is 5.69 Å². The second kappa shape index (κ2) is 5.65. The number of nitro benzene ring substituents is 1. The van der Waals surface area contributed by atoms with Gasteiger partial charge in [0.05, 0.1) is 10.6 Å². The molecule has 0 unspecified atom stereocenters. The fraction of sp³-hybridized carbons (Fsp3) is 0.0667. The van der Waals surface area contributed by atoms with E-state index in [1.54, 1.807) is 30.6 Å². The number of nitriles is 1. The van der Waals surface area contributed by atoms with Crippen molar-refractivity contribution >= 4 is 5.69 Å². The first kappa shape index (κ1) is 14.3. The molecule has 0 bridgehead atoms. The highest BCUT2D eigenvalue weighted by Crippen LogP contribution is 2.27. The van der Waals surface area contributed by atoms with Gasteiger partial charge in [-0.1, -0.05) is 11.3 Å². The molecule has 3 rings (SSSR count). The van der Waals surface area contributed by atoms with Crippen molar-refractivity contribution in [3.63, 3.8) is 0 Å². The van der Waals surface area contributed by atoms with E-state index >= 15 is 0 Å². The topological polar surface area (TPSA) is 111 Å². The third-order valence-corrected chi connectivity index (χ3v) is 3.36. The van der Waals surface area contributed by atoms with Crippen molar-refractivity contribution < 1.29 is 4.92 Å². The molecule has 8 nitrogen and oxygen atoms in total. The number of nitro groups is 1. The zero-order valence-corrected chi connectivity index (χ0v) is 12.0. The molecular formula is C15H10N6O2. The summed E-state index contributed by atoms with van der Waals surface area (Å²) in [4.78, 5) is 14.5. The number of benzene rings is 1. The Balaban J connectivity index is 2.27. The second-order valence-electron chi connectivity index (χ2n) is 4.77. The van der Waals surface area contributed by atoms with Crippen molar-refractivity contribution in [2.24, 2.45) is 0 Å².